The fraction of sp³-hybridized carbons (Fsp3) is 0. The van der Waals surface area contributed by atoms with Crippen LogP contribution in [0.4, 0.5) is 0 Å². The Morgan fingerprint density at radius 2 is 0.333 bits per heavy atom. The predicted molar refractivity (Wildman–Crippen MR) is 48.1 cm³/mol. The van der Waals surface area contributed by atoms with Gasteiger partial charge in [0.25, 0.3) is 0 Å². The van der Waals surface area contributed by atoms with Crippen LogP contribution in [0.25, 0.3) is 0 Å². The molecule has 78 valence electrons. The Balaban J connectivity index is -0.0000000150. The van der Waals surface area contributed by atoms with Crippen molar-refractivity contribution in [1.29, 1.82) is 0 Å². The molecule has 0 aliphatic rings. The molecule has 0 aromatic heterocycles. The van der Waals surface area contributed by atoms with Crippen molar-refractivity contribution in [3.8, 4) is 0 Å². The largest absolute Gasteiger partial charge is 0.412 e. The minimum absolute atomic E-state index is 0. The number of benzene rings is 1. The molecule has 0 saturated heterocycles. The molecule has 1 aromatic rings. The number of hydrogen-bond acceptors (Lipinski definition) is 0. The van der Waals surface area contributed by atoms with Gasteiger partial charge in [-0.2, -0.15) is 0 Å². The van der Waals surface area contributed by atoms with E-state index in [2.05, 4.69) is 0 Å². The fourth-order valence-electron chi connectivity index (χ4n) is 0.385. The zero-order chi connectivity index (χ0) is 4.24. The van der Waals surface area contributed by atoms with E-state index in [9.17, 15) is 0 Å². The first kappa shape index (κ1) is 44.1. The van der Waals surface area contributed by atoms with E-state index in [1.54, 1.807) is 0 Å². The highest BCUT2D eigenvalue weighted by molar-refractivity contribution is 4.99. The van der Waals surface area contributed by atoms with Gasteiger partial charge in [0.05, 0.1) is 0 Å². The highest BCUT2D eigenvalue weighted by Crippen LogP contribution is 1.79. The fourth-order valence-corrected chi connectivity index (χ4v) is 0.385. The summed E-state index contributed by atoms with van der Waals surface area (Å²) in [5, 5.41) is 0. The van der Waals surface area contributed by atoms with E-state index in [0.29, 0.717) is 0 Å². The Hall–Kier alpha value is -1.02. The van der Waals surface area contributed by atoms with Crippen LogP contribution in [0, 0.1) is 0 Å². The molecule has 12 heavy (non-hydrogen) atoms. The molecule has 0 fully saturated rings. The van der Waals surface area contributed by atoms with Gasteiger partial charge in [-0.25, -0.2) is 0 Å². The van der Waals surface area contributed by atoms with Crippen LogP contribution in [0.5, 0.6) is 0 Å². The van der Waals surface area contributed by atoms with Gasteiger partial charge in [0, 0.05) is 0 Å². The smallest absolute Gasteiger partial charge is 0.0623 e. The summed E-state index contributed by atoms with van der Waals surface area (Å²) in [5.41, 5.74) is 0. The summed E-state index contributed by atoms with van der Waals surface area (Å²) < 4.78 is 0. The first-order chi connectivity index (χ1) is 3.00. The third-order valence-electron chi connectivity index (χ3n) is 0.667. The molecule has 6 heteroatoms. The number of rotatable bonds is 0. The monoisotopic (exact) mass is 186 g/mol. The summed E-state index contributed by atoms with van der Waals surface area (Å²) in [7, 11) is 0. The highest BCUT2D eigenvalue weighted by atomic mass is 16.0. The van der Waals surface area contributed by atoms with E-state index in [4.69, 9.17) is 0 Å². The molecule has 0 saturated carbocycles. The van der Waals surface area contributed by atoms with Crippen LogP contribution in [-0.2, 0) is 0 Å². The predicted octanol–water partition coefficient (Wildman–Crippen LogP) is -3.26. The summed E-state index contributed by atoms with van der Waals surface area (Å²) in [6.45, 7) is 0. The van der Waals surface area contributed by atoms with Crippen molar-refractivity contribution in [2.24, 2.45) is 0 Å². The topological polar surface area (TPSA) is 189 Å². The van der Waals surface area contributed by atoms with E-state index in [1.165, 1.54) is 0 Å². The van der Waals surface area contributed by atoms with Gasteiger partial charge in [0.2, 0.25) is 0 Å². The third-order valence-corrected chi connectivity index (χ3v) is 0.667. The van der Waals surface area contributed by atoms with Crippen molar-refractivity contribution in [1.82, 2.24) is 0 Å². The molecule has 0 heterocycles. The van der Waals surface area contributed by atoms with Gasteiger partial charge in [0.1, 0.15) is 0 Å². The van der Waals surface area contributed by atoms with Gasteiger partial charge in [-0.05, 0) is 0 Å². The molecule has 1 rings (SSSR count). The second-order valence-electron chi connectivity index (χ2n) is 1.15. The van der Waals surface area contributed by atoms with Gasteiger partial charge < -0.3 is 32.9 Å². The highest BCUT2D eigenvalue weighted by Gasteiger charge is 1.57. The van der Waals surface area contributed by atoms with Crippen LogP contribution < -0.4 is 0 Å². The van der Waals surface area contributed by atoms with Crippen molar-refractivity contribution < 1.29 is 32.9 Å². The van der Waals surface area contributed by atoms with Crippen LogP contribution >= 0.6 is 0 Å². The molecular formula is C6H18O6. The molecule has 0 bridgehead atoms. The minimum atomic E-state index is 0. The maximum absolute atomic E-state index is 2.00. The first-order valence-electron chi connectivity index (χ1n) is 2.00. The van der Waals surface area contributed by atoms with Gasteiger partial charge in [-0.15, -0.1) is 0 Å². The second-order valence-corrected chi connectivity index (χ2v) is 1.15. The zero-order valence-corrected chi connectivity index (χ0v) is 6.46. The molecule has 0 spiro atoms. The van der Waals surface area contributed by atoms with E-state index in [0.717, 1.165) is 0 Å². The molecule has 0 unspecified atom stereocenters. The summed E-state index contributed by atoms with van der Waals surface area (Å²) in [6, 6.07) is 12.0. The quantitative estimate of drug-likeness (QED) is 0.393. The molecular weight excluding hydrogens is 168 g/mol. The summed E-state index contributed by atoms with van der Waals surface area (Å²) in [6.07, 6.45) is 0. The van der Waals surface area contributed by atoms with Crippen molar-refractivity contribution >= 4 is 0 Å². The zero-order valence-electron chi connectivity index (χ0n) is 6.46. The second kappa shape index (κ2) is 32.5. The van der Waals surface area contributed by atoms with Crippen molar-refractivity contribution in [3.63, 3.8) is 0 Å². The molecule has 0 aliphatic heterocycles. The molecule has 12 N–H and O–H groups in total. The first-order valence-corrected chi connectivity index (χ1v) is 2.00. The SMILES string of the molecule is O.O.O.O.O.O.c1ccccc1. The van der Waals surface area contributed by atoms with Gasteiger partial charge in [-0.3, -0.25) is 0 Å². The maximum atomic E-state index is 2.00. The average molecular weight is 186 g/mol. The molecule has 0 radical (unpaired) electrons. The van der Waals surface area contributed by atoms with Crippen molar-refractivity contribution in [2.75, 3.05) is 0 Å². The molecule has 1 aromatic carbocycles. The average Bonchev–Trinajstić information content (AvgIpc) is 1.72. The van der Waals surface area contributed by atoms with Crippen LogP contribution in [-0.4, -0.2) is 32.9 Å². The lowest BCUT2D eigenvalue weighted by Gasteiger charge is -1.69. The van der Waals surface area contributed by atoms with Crippen molar-refractivity contribution in [2.45, 2.75) is 0 Å². The Morgan fingerprint density at radius 1 is 0.250 bits per heavy atom. The van der Waals surface area contributed by atoms with E-state index >= 15 is 0 Å². The lowest BCUT2D eigenvalue weighted by Crippen LogP contribution is -1.47. The van der Waals surface area contributed by atoms with Crippen molar-refractivity contribution in [3.05, 3.63) is 36.4 Å². The Labute approximate surface area is 70.3 Å². The Kier molecular flexibility index (Phi) is 119. The maximum Gasteiger partial charge on any atom is -0.0623 e. The van der Waals surface area contributed by atoms with E-state index < -0.39 is 0 Å². The summed E-state index contributed by atoms with van der Waals surface area (Å²) >= 11 is 0. The summed E-state index contributed by atoms with van der Waals surface area (Å²) in [5.74, 6) is 0. The van der Waals surface area contributed by atoms with Crippen LogP contribution in [0.15, 0.2) is 36.4 Å². The lowest BCUT2D eigenvalue weighted by atomic mass is 10.4. The Bertz CT molecular complexity index is 84.0. The molecule has 0 atom stereocenters. The normalized spacial score (nSPS) is 4.00. The molecule has 0 aliphatic carbocycles. The molecule has 0 amide bonds. The van der Waals surface area contributed by atoms with E-state index in [-0.39, 0.29) is 32.9 Å². The summed E-state index contributed by atoms with van der Waals surface area (Å²) in [4.78, 5) is 0. The van der Waals surface area contributed by atoms with Gasteiger partial charge in [0.15, 0.2) is 0 Å². The lowest BCUT2D eigenvalue weighted by molar-refractivity contribution is 0.823. The van der Waals surface area contributed by atoms with Gasteiger partial charge >= 0.3 is 0 Å². The van der Waals surface area contributed by atoms with Gasteiger partial charge in [-0.1, -0.05) is 36.4 Å². The standard InChI is InChI=1S/C6H6.6H2O/c1-2-4-6-5-3-1;;;;;;/h1-6H;6*1H2. The van der Waals surface area contributed by atoms with Crippen LogP contribution in [0.2, 0.25) is 0 Å². The number of hydrogen-bond donors (Lipinski definition) is 0. The molecule has 6 nitrogen and oxygen atoms in total. The van der Waals surface area contributed by atoms with E-state index in [1.807, 2.05) is 36.4 Å². The van der Waals surface area contributed by atoms with Crippen LogP contribution in [0.1, 0.15) is 0 Å². The minimum Gasteiger partial charge on any atom is -0.412 e. The van der Waals surface area contributed by atoms with Crippen LogP contribution in [0.3, 0.4) is 0 Å². The third kappa shape index (κ3) is 23.1. The Morgan fingerprint density at radius 3 is 0.417 bits per heavy atom.